The van der Waals surface area contributed by atoms with Crippen molar-refractivity contribution in [2.45, 2.75) is 6.92 Å². The molecule has 0 fully saturated rings. The van der Waals surface area contributed by atoms with Crippen molar-refractivity contribution < 1.29 is 17.0 Å². The van der Waals surface area contributed by atoms with E-state index in [2.05, 4.69) is 6.07 Å². The van der Waals surface area contributed by atoms with Crippen molar-refractivity contribution in [1.82, 2.24) is 0 Å². The Labute approximate surface area is 92.9 Å². The van der Waals surface area contributed by atoms with Crippen LogP contribution in [-0.2, 0) is 0 Å². The van der Waals surface area contributed by atoms with Gasteiger partial charge in [0.05, 0.1) is 0 Å². The second-order valence-corrected chi connectivity index (χ2v) is 2.08. The van der Waals surface area contributed by atoms with Gasteiger partial charge in [0.25, 0.3) is 0 Å². The zero-order valence-corrected chi connectivity index (χ0v) is 9.45. The maximum Gasteiger partial charge on any atom is 2.00 e. The molecule has 0 aromatic heterocycles. The minimum atomic E-state index is 0. The predicted molar refractivity (Wildman–Crippen MR) is 40.8 cm³/mol. The second kappa shape index (κ2) is 6.47. The molecule has 0 bridgehead atoms. The topological polar surface area (TPSA) is 0 Å². The van der Waals surface area contributed by atoms with Crippen molar-refractivity contribution in [3.8, 4) is 0 Å². The molecule has 1 rings (SSSR count). The van der Waals surface area contributed by atoms with Crippen LogP contribution in [0.5, 0.6) is 0 Å². The van der Waals surface area contributed by atoms with Gasteiger partial charge in [0, 0.05) is 0 Å². The number of aryl methyl sites for hydroxylation is 1. The summed E-state index contributed by atoms with van der Waals surface area (Å²) >= 11 is 5.69. The van der Waals surface area contributed by atoms with Gasteiger partial charge in [0.1, 0.15) is 0 Å². The predicted octanol–water partition coefficient (Wildman–Crippen LogP) is -0.928. The molecule has 0 radical (unpaired) electrons. The van der Waals surface area contributed by atoms with E-state index in [9.17, 15) is 0 Å². The Morgan fingerprint density at radius 3 is 2.40 bits per heavy atom. The summed E-state index contributed by atoms with van der Waals surface area (Å²) in [5.74, 6) is 0. The Hall–Kier alpha value is 0.756. The SMILES string of the molecule is Cc1c[c-]ccc1Cl.[Br-].[Mg+2]. The summed E-state index contributed by atoms with van der Waals surface area (Å²) in [6.07, 6.45) is 0. The minimum Gasteiger partial charge on any atom is -1.00 e. The van der Waals surface area contributed by atoms with Crippen molar-refractivity contribution in [3.05, 3.63) is 34.9 Å². The first kappa shape index (κ1) is 13.4. The summed E-state index contributed by atoms with van der Waals surface area (Å²) in [4.78, 5) is 0. The van der Waals surface area contributed by atoms with E-state index in [-0.39, 0.29) is 40.0 Å². The van der Waals surface area contributed by atoms with Gasteiger partial charge in [-0.25, -0.2) is 0 Å². The fourth-order valence-electron chi connectivity index (χ4n) is 0.495. The Bertz CT molecular complexity index is 170. The van der Waals surface area contributed by atoms with Gasteiger partial charge < -0.3 is 17.0 Å². The van der Waals surface area contributed by atoms with Gasteiger partial charge in [-0.3, -0.25) is 0 Å². The molecule has 0 aliphatic rings. The summed E-state index contributed by atoms with van der Waals surface area (Å²) < 4.78 is 0. The van der Waals surface area contributed by atoms with E-state index >= 15 is 0 Å². The Kier molecular flexibility index (Phi) is 8.63. The van der Waals surface area contributed by atoms with Crippen LogP contribution in [0.15, 0.2) is 18.2 Å². The van der Waals surface area contributed by atoms with Crippen molar-refractivity contribution in [1.29, 1.82) is 0 Å². The van der Waals surface area contributed by atoms with Crippen LogP contribution in [0.25, 0.3) is 0 Å². The number of hydrogen-bond acceptors (Lipinski definition) is 0. The second-order valence-electron chi connectivity index (χ2n) is 1.68. The molecule has 0 aliphatic carbocycles. The molecule has 0 aliphatic heterocycles. The van der Waals surface area contributed by atoms with Crippen LogP contribution in [-0.4, -0.2) is 23.1 Å². The number of rotatable bonds is 0. The Morgan fingerprint density at radius 2 is 2.10 bits per heavy atom. The molecule has 0 saturated carbocycles. The molecule has 0 amide bonds. The summed E-state index contributed by atoms with van der Waals surface area (Å²) in [6, 6.07) is 8.41. The van der Waals surface area contributed by atoms with Crippen LogP contribution in [0.3, 0.4) is 0 Å². The maximum atomic E-state index is 5.69. The van der Waals surface area contributed by atoms with Crippen LogP contribution in [0.4, 0.5) is 0 Å². The smallest absolute Gasteiger partial charge is 1.00 e. The van der Waals surface area contributed by atoms with Crippen LogP contribution in [0, 0.1) is 13.0 Å². The summed E-state index contributed by atoms with van der Waals surface area (Å²) in [7, 11) is 0. The van der Waals surface area contributed by atoms with E-state index in [4.69, 9.17) is 11.6 Å². The van der Waals surface area contributed by atoms with Crippen LogP contribution >= 0.6 is 11.6 Å². The molecule has 0 N–H and O–H groups in total. The Morgan fingerprint density at radius 1 is 1.50 bits per heavy atom. The van der Waals surface area contributed by atoms with Crippen LogP contribution in [0.2, 0.25) is 5.02 Å². The molecule has 0 heterocycles. The van der Waals surface area contributed by atoms with Gasteiger partial charge >= 0.3 is 23.1 Å². The van der Waals surface area contributed by atoms with Crippen molar-refractivity contribution in [3.63, 3.8) is 0 Å². The van der Waals surface area contributed by atoms with Crippen molar-refractivity contribution in [2.75, 3.05) is 0 Å². The van der Waals surface area contributed by atoms with E-state index in [1.54, 1.807) is 6.07 Å². The zero-order chi connectivity index (χ0) is 5.98. The third-order valence-corrected chi connectivity index (χ3v) is 1.43. The molecular weight excluding hydrogens is 224 g/mol. The molecular formula is C7H6BrClMg. The van der Waals surface area contributed by atoms with E-state index in [0.717, 1.165) is 10.6 Å². The first-order chi connectivity index (χ1) is 3.80. The van der Waals surface area contributed by atoms with Gasteiger partial charge in [-0.05, 0) is 0 Å². The zero-order valence-electron chi connectivity index (χ0n) is 5.70. The number of hydrogen-bond donors (Lipinski definition) is 0. The third-order valence-electron chi connectivity index (χ3n) is 1.00. The fraction of sp³-hybridized carbons (Fsp3) is 0.143. The van der Waals surface area contributed by atoms with E-state index in [1.807, 2.05) is 19.1 Å². The molecule has 0 saturated heterocycles. The first-order valence-electron chi connectivity index (χ1n) is 2.43. The standard InChI is InChI=1S/C7H6Cl.BrH.Mg/c1-6-4-2-3-5-7(6)8;;/h3-5H,1H3;1H;/q-1;;+2/p-1. The van der Waals surface area contributed by atoms with Gasteiger partial charge in [0.15, 0.2) is 0 Å². The van der Waals surface area contributed by atoms with E-state index < -0.39 is 0 Å². The van der Waals surface area contributed by atoms with E-state index in [0.29, 0.717) is 0 Å². The van der Waals surface area contributed by atoms with Gasteiger partial charge in [-0.2, -0.15) is 24.3 Å². The van der Waals surface area contributed by atoms with Gasteiger partial charge in [-0.1, -0.05) is 11.9 Å². The molecule has 50 valence electrons. The monoisotopic (exact) mass is 228 g/mol. The van der Waals surface area contributed by atoms with Crippen molar-refractivity contribution >= 4 is 34.7 Å². The van der Waals surface area contributed by atoms with Crippen LogP contribution < -0.4 is 17.0 Å². The molecule has 0 unspecified atom stereocenters. The molecule has 1 aromatic rings. The quantitative estimate of drug-likeness (QED) is 0.399. The average Bonchev–Trinajstić information content (AvgIpc) is 1.77. The molecule has 10 heavy (non-hydrogen) atoms. The average molecular weight is 230 g/mol. The summed E-state index contributed by atoms with van der Waals surface area (Å²) in [5.41, 5.74) is 1.08. The maximum absolute atomic E-state index is 5.69. The minimum absolute atomic E-state index is 0. The summed E-state index contributed by atoms with van der Waals surface area (Å²) in [6.45, 7) is 1.96. The molecule has 0 atom stereocenters. The molecule has 1 aromatic carbocycles. The van der Waals surface area contributed by atoms with Crippen molar-refractivity contribution in [2.24, 2.45) is 0 Å². The van der Waals surface area contributed by atoms with Gasteiger partial charge in [0.2, 0.25) is 0 Å². The fourth-order valence-corrected chi connectivity index (χ4v) is 0.612. The first-order valence-corrected chi connectivity index (χ1v) is 2.80. The molecule has 3 heteroatoms. The number of benzene rings is 1. The van der Waals surface area contributed by atoms with Crippen LogP contribution in [0.1, 0.15) is 5.56 Å². The third kappa shape index (κ3) is 3.81. The normalized spacial score (nSPS) is 7.40. The van der Waals surface area contributed by atoms with E-state index in [1.165, 1.54) is 0 Å². The van der Waals surface area contributed by atoms with Gasteiger partial charge in [-0.15, -0.1) is 17.2 Å². The number of halogens is 2. The molecule has 0 nitrogen and oxygen atoms in total. The summed E-state index contributed by atoms with van der Waals surface area (Å²) in [5, 5.41) is 0.809. The molecule has 0 spiro atoms. The largest absolute Gasteiger partial charge is 2.00 e. The Balaban J connectivity index is 0.